The number of aromatic nitrogens is 2. The van der Waals surface area contributed by atoms with Gasteiger partial charge in [-0.1, -0.05) is 43.7 Å². The molecule has 5 heteroatoms. The molecular weight excluding hydrogens is 268 g/mol. The van der Waals surface area contributed by atoms with Crippen LogP contribution in [-0.2, 0) is 4.74 Å². The Labute approximate surface area is 124 Å². The fourth-order valence-corrected chi connectivity index (χ4v) is 1.92. The Bertz CT molecular complexity index is 578. The van der Waals surface area contributed by atoms with Crippen LogP contribution in [0.25, 0.3) is 11.3 Å². The van der Waals surface area contributed by atoms with Gasteiger partial charge in [0.15, 0.2) is 11.4 Å². The molecule has 5 nitrogen and oxygen atoms in total. The molecule has 21 heavy (non-hydrogen) atoms. The molecule has 2 aromatic rings. The van der Waals surface area contributed by atoms with Gasteiger partial charge < -0.3 is 9.47 Å². The van der Waals surface area contributed by atoms with Gasteiger partial charge in [0.2, 0.25) is 0 Å². The maximum Gasteiger partial charge on any atom is 0.360 e. The van der Waals surface area contributed by atoms with Gasteiger partial charge in [0, 0.05) is 5.56 Å². The van der Waals surface area contributed by atoms with E-state index >= 15 is 0 Å². The average Bonchev–Trinajstić information content (AvgIpc) is 2.93. The Balaban J connectivity index is 2.34. The van der Waals surface area contributed by atoms with Crippen molar-refractivity contribution in [1.82, 2.24) is 10.2 Å². The minimum atomic E-state index is -0.446. The number of hydrogen-bond donors (Lipinski definition) is 1. The van der Waals surface area contributed by atoms with Gasteiger partial charge >= 0.3 is 5.97 Å². The summed E-state index contributed by atoms with van der Waals surface area (Å²) in [7, 11) is 0. The van der Waals surface area contributed by atoms with E-state index < -0.39 is 5.97 Å². The Morgan fingerprint density at radius 2 is 2.00 bits per heavy atom. The number of carbonyl (C=O) groups is 1. The number of unbranched alkanes of at least 4 members (excludes halogenated alkanes) is 1. The molecule has 1 aromatic carbocycles. The molecule has 0 bridgehead atoms. The van der Waals surface area contributed by atoms with Crippen molar-refractivity contribution in [3.8, 4) is 17.0 Å². The minimum absolute atomic E-state index is 0.270. The van der Waals surface area contributed by atoms with Crippen molar-refractivity contribution in [3.05, 3.63) is 36.0 Å². The first-order valence-corrected chi connectivity index (χ1v) is 7.21. The van der Waals surface area contributed by atoms with E-state index in [4.69, 9.17) is 9.47 Å². The third-order valence-corrected chi connectivity index (χ3v) is 2.99. The summed E-state index contributed by atoms with van der Waals surface area (Å²) in [6.07, 6.45) is 1.94. The van der Waals surface area contributed by atoms with Gasteiger partial charge in [0.1, 0.15) is 5.69 Å². The Kier molecular flexibility index (Phi) is 5.37. The first-order valence-electron chi connectivity index (χ1n) is 7.21. The predicted octanol–water partition coefficient (Wildman–Crippen LogP) is 3.43. The van der Waals surface area contributed by atoms with Gasteiger partial charge in [0.25, 0.3) is 0 Å². The first kappa shape index (κ1) is 15.1. The molecule has 0 saturated heterocycles. The van der Waals surface area contributed by atoms with E-state index in [9.17, 15) is 4.79 Å². The van der Waals surface area contributed by atoms with E-state index in [1.807, 2.05) is 30.3 Å². The van der Waals surface area contributed by atoms with Gasteiger partial charge in [0.05, 0.1) is 13.2 Å². The first-order chi connectivity index (χ1) is 10.3. The lowest BCUT2D eigenvalue weighted by atomic mass is 10.1. The topological polar surface area (TPSA) is 64.2 Å². The molecule has 0 saturated carbocycles. The van der Waals surface area contributed by atoms with Gasteiger partial charge in [-0.2, -0.15) is 5.10 Å². The van der Waals surface area contributed by atoms with Crippen LogP contribution in [0.4, 0.5) is 0 Å². The minimum Gasteiger partial charge on any atom is -0.489 e. The third-order valence-electron chi connectivity index (χ3n) is 2.99. The highest BCUT2D eigenvalue weighted by atomic mass is 16.5. The summed E-state index contributed by atoms with van der Waals surface area (Å²) in [4.78, 5) is 12.0. The summed E-state index contributed by atoms with van der Waals surface area (Å²) in [5, 5.41) is 6.95. The second kappa shape index (κ2) is 7.47. The quantitative estimate of drug-likeness (QED) is 0.626. The van der Waals surface area contributed by atoms with E-state index in [0.717, 1.165) is 18.4 Å². The number of nitrogens with one attached hydrogen (secondary N) is 1. The van der Waals surface area contributed by atoms with Crippen molar-refractivity contribution in [2.75, 3.05) is 13.2 Å². The summed E-state index contributed by atoms with van der Waals surface area (Å²) in [5.41, 5.74) is 1.80. The van der Waals surface area contributed by atoms with Crippen LogP contribution < -0.4 is 4.74 Å². The Morgan fingerprint density at radius 3 is 2.67 bits per heavy atom. The number of nitrogens with zero attached hydrogens (tertiary/aromatic N) is 1. The second-order valence-electron chi connectivity index (χ2n) is 4.56. The highest BCUT2D eigenvalue weighted by Gasteiger charge is 2.22. The smallest absolute Gasteiger partial charge is 0.360 e. The van der Waals surface area contributed by atoms with Crippen molar-refractivity contribution in [2.45, 2.75) is 26.7 Å². The highest BCUT2D eigenvalue weighted by Crippen LogP contribution is 2.31. The van der Waals surface area contributed by atoms with Crippen molar-refractivity contribution >= 4 is 5.97 Å². The summed E-state index contributed by atoms with van der Waals surface area (Å²) in [5.74, 6) is 0.0202. The van der Waals surface area contributed by atoms with Crippen LogP contribution in [0.3, 0.4) is 0 Å². The van der Waals surface area contributed by atoms with E-state index in [1.54, 1.807) is 6.92 Å². The van der Waals surface area contributed by atoms with Crippen molar-refractivity contribution < 1.29 is 14.3 Å². The number of carbonyl (C=O) groups excluding carboxylic acids is 1. The molecule has 0 aliphatic rings. The van der Waals surface area contributed by atoms with Crippen LogP contribution in [0.15, 0.2) is 30.3 Å². The number of H-pyrrole nitrogens is 1. The molecule has 0 amide bonds. The molecule has 0 spiro atoms. The lowest BCUT2D eigenvalue weighted by Gasteiger charge is -2.08. The molecule has 1 heterocycles. The fourth-order valence-electron chi connectivity index (χ4n) is 1.92. The van der Waals surface area contributed by atoms with E-state index in [0.29, 0.717) is 24.7 Å². The van der Waals surface area contributed by atoms with Crippen LogP contribution in [0.1, 0.15) is 37.2 Å². The molecule has 0 atom stereocenters. The number of esters is 1. The van der Waals surface area contributed by atoms with Crippen LogP contribution in [0, 0.1) is 0 Å². The van der Waals surface area contributed by atoms with Crippen LogP contribution >= 0.6 is 0 Å². The molecule has 0 radical (unpaired) electrons. The lowest BCUT2D eigenvalue weighted by Crippen LogP contribution is -2.08. The summed E-state index contributed by atoms with van der Waals surface area (Å²) in [6, 6.07) is 9.63. The van der Waals surface area contributed by atoms with Gasteiger partial charge in [-0.25, -0.2) is 4.79 Å². The number of aromatic amines is 1. The Hall–Kier alpha value is -2.30. The second-order valence-corrected chi connectivity index (χ2v) is 4.56. The van der Waals surface area contributed by atoms with Crippen LogP contribution in [-0.4, -0.2) is 29.4 Å². The predicted molar refractivity (Wildman–Crippen MR) is 80.4 cm³/mol. The number of ether oxygens (including phenoxy) is 2. The van der Waals surface area contributed by atoms with Gasteiger partial charge in [-0.05, 0) is 13.3 Å². The maximum absolute atomic E-state index is 12.0. The van der Waals surface area contributed by atoms with Gasteiger partial charge in [-0.3, -0.25) is 5.10 Å². The summed E-state index contributed by atoms with van der Waals surface area (Å²) in [6.45, 7) is 4.71. The van der Waals surface area contributed by atoms with E-state index in [2.05, 4.69) is 17.1 Å². The molecule has 0 fully saturated rings. The number of rotatable bonds is 7. The fraction of sp³-hybridized carbons (Fsp3) is 0.375. The van der Waals surface area contributed by atoms with Crippen molar-refractivity contribution in [1.29, 1.82) is 0 Å². The molecule has 2 rings (SSSR count). The zero-order valence-corrected chi connectivity index (χ0v) is 12.4. The molecule has 1 aromatic heterocycles. The van der Waals surface area contributed by atoms with Gasteiger partial charge in [-0.15, -0.1) is 0 Å². The highest BCUT2D eigenvalue weighted by molar-refractivity contribution is 5.93. The number of hydrogen-bond acceptors (Lipinski definition) is 4. The normalized spacial score (nSPS) is 10.4. The van der Waals surface area contributed by atoms with E-state index in [1.165, 1.54) is 0 Å². The Morgan fingerprint density at radius 1 is 1.24 bits per heavy atom. The van der Waals surface area contributed by atoms with Crippen LogP contribution in [0.5, 0.6) is 5.75 Å². The molecular formula is C16H20N2O3. The maximum atomic E-state index is 12.0. The monoisotopic (exact) mass is 288 g/mol. The average molecular weight is 288 g/mol. The molecule has 0 aliphatic carbocycles. The SMILES string of the molecule is CCCCOc1c(-c2ccccc2)n[nH]c1C(=O)OCC. The standard InChI is InChI=1S/C16H20N2O3/c1-3-5-11-21-15-13(12-9-7-6-8-10-12)17-18-14(15)16(19)20-4-2/h6-10H,3-5,11H2,1-2H3,(H,17,18). The van der Waals surface area contributed by atoms with Crippen molar-refractivity contribution in [3.63, 3.8) is 0 Å². The van der Waals surface area contributed by atoms with E-state index in [-0.39, 0.29) is 5.69 Å². The summed E-state index contributed by atoms with van der Waals surface area (Å²) < 4.78 is 10.8. The number of benzene rings is 1. The summed E-state index contributed by atoms with van der Waals surface area (Å²) >= 11 is 0. The zero-order chi connectivity index (χ0) is 15.1. The van der Waals surface area contributed by atoms with Crippen LogP contribution in [0.2, 0.25) is 0 Å². The molecule has 112 valence electrons. The molecule has 0 aliphatic heterocycles. The van der Waals surface area contributed by atoms with Crippen molar-refractivity contribution in [2.24, 2.45) is 0 Å². The zero-order valence-electron chi connectivity index (χ0n) is 12.4. The molecule has 1 N–H and O–H groups in total. The molecule has 0 unspecified atom stereocenters. The largest absolute Gasteiger partial charge is 0.489 e. The lowest BCUT2D eigenvalue weighted by molar-refractivity contribution is 0.0514. The third kappa shape index (κ3) is 3.62.